The topological polar surface area (TPSA) is 65.2 Å². The number of ether oxygens (including phenoxy) is 1. The molecule has 0 atom stereocenters. The van der Waals surface area contributed by atoms with Crippen LogP contribution in [0.5, 0.6) is 11.6 Å². The molecule has 0 bridgehead atoms. The minimum absolute atomic E-state index is 0.0368. The van der Waals surface area contributed by atoms with E-state index in [1.807, 2.05) is 0 Å². The van der Waals surface area contributed by atoms with Gasteiger partial charge in [-0.15, -0.1) is 0 Å². The molecule has 0 spiro atoms. The maximum Gasteiger partial charge on any atom is 0.416 e. The second kappa shape index (κ2) is 7.11. The molecule has 0 saturated heterocycles. The number of carbonyl (C=O) groups excluding carboxylic acids is 1. The Kier molecular flexibility index (Phi) is 4.85. The van der Waals surface area contributed by atoms with Crippen molar-refractivity contribution in [2.24, 2.45) is 5.73 Å². The van der Waals surface area contributed by atoms with E-state index in [2.05, 4.69) is 4.98 Å². The quantitative estimate of drug-likeness (QED) is 0.703. The Morgan fingerprint density at radius 2 is 1.78 bits per heavy atom. The van der Waals surface area contributed by atoms with Crippen LogP contribution in [0.1, 0.15) is 21.5 Å². The van der Waals surface area contributed by atoms with Crippen LogP contribution in [0.25, 0.3) is 11.1 Å². The van der Waals surface area contributed by atoms with Gasteiger partial charge in [-0.1, -0.05) is 18.2 Å². The van der Waals surface area contributed by atoms with Crippen LogP contribution in [-0.2, 0) is 6.18 Å². The Morgan fingerprint density at radius 1 is 1.04 bits per heavy atom. The molecule has 1 heterocycles. The third-order valence-corrected chi connectivity index (χ3v) is 3.94. The summed E-state index contributed by atoms with van der Waals surface area (Å²) < 4.78 is 43.9. The number of halogens is 3. The summed E-state index contributed by atoms with van der Waals surface area (Å²) >= 11 is 0. The molecule has 1 aromatic heterocycles. The summed E-state index contributed by atoms with van der Waals surface area (Å²) in [5.41, 5.74) is 7.20. The lowest BCUT2D eigenvalue weighted by Gasteiger charge is -2.11. The number of aromatic nitrogens is 1. The molecule has 0 radical (unpaired) electrons. The van der Waals surface area contributed by atoms with Crippen LogP contribution < -0.4 is 10.5 Å². The zero-order valence-corrected chi connectivity index (χ0v) is 14.2. The summed E-state index contributed by atoms with van der Waals surface area (Å²) in [6, 6.07) is 13.1. The van der Waals surface area contributed by atoms with Crippen molar-refractivity contribution in [3.63, 3.8) is 0 Å². The fourth-order valence-corrected chi connectivity index (χ4v) is 2.62. The van der Waals surface area contributed by atoms with E-state index >= 15 is 0 Å². The molecular weight excluding hydrogens is 357 g/mol. The molecule has 138 valence electrons. The first-order valence-electron chi connectivity index (χ1n) is 7.96. The highest BCUT2D eigenvalue weighted by Crippen LogP contribution is 2.33. The van der Waals surface area contributed by atoms with E-state index in [4.69, 9.17) is 10.5 Å². The molecule has 0 aliphatic heterocycles. The molecule has 0 unspecified atom stereocenters. The number of nitrogens with zero attached hydrogens (tertiary/aromatic N) is 1. The van der Waals surface area contributed by atoms with Gasteiger partial charge in [-0.2, -0.15) is 13.2 Å². The molecule has 7 heteroatoms. The van der Waals surface area contributed by atoms with Crippen molar-refractivity contribution < 1.29 is 22.7 Å². The minimum Gasteiger partial charge on any atom is -0.439 e. The number of rotatable bonds is 4. The average molecular weight is 372 g/mol. The van der Waals surface area contributed by atoms with Gasteiger partial charge in [-0.25, -0.2) is 4.98 Å². The lowest BCUT2D eigenvalue weighted by Crippen LogP contribution is -2.12. The van der Waals surface area contributed by atoms with Gasteiger partial charge in [0.1, 0.15) is 5.75 Å². The van der Waals surface area contributed by atoms with Gasteiger partial charge in [0, 0.05) is 17.8 Å². The standard InChI is InChI=1S/C20H15F3N2O2/c1-12-9-13(5-6-17(12)19(24)26)14-7-8-25-18(10-14)27-16-4-2-3-15(11-16)20(21,22)23/h2-11H,1H3,(H2,24,26). The fraction of sp³-hybridized carbons (Fsp3) is 0.100. The summed E-state index contributed by atoms with van der Waals surface area (Å²) in [6.07, 6.45) is -2.95. The summed E-state index contributed by atoms with van der Waals surface area (Å²) in [5.74, 6) is -0.319. The van der Waals surface area contributed by atoms with Crippen molar-refractivity contribution in [3.05, 3.63) is 77.5 Å². The molecule has 27 heavy (non-hydrogen) atoms. The highest BCUT2D eigenvalue weighted by molar-refractivity contribution is 5.94. The van der Waals surface area contributed by atoms with E-state index in [1.165, 1.54) is 18.3 Å². The zero-order chi connectivity index (χ0) is 19.6. The molecule has 0 saturated carbocycles. The smallest absolute Gasteiger partial charge is 0.416 e. The van der Waals surface area contributed by atoms with Crippen molar-refractivity contribution in [3.8, 4) is 22.8 Å². The summed E-state index contributed by atoms with van der Waals surface area (Å²) in [6.45, 7) is 1.77. The monoisotopic (exact) mass is 372 g/mol. The first-order chi connectivity index (χ1) is 12.7. The largest absolute Gasteiger partial charge is 0.439 e. The van der Waals surface area contributed by atoms with Crippen molar-refractivity contribution >= 4 is 5.91 Å². The van der Waals surface area contributed by atoms with Crippen molar-refractivity contribution in [1.82, 2.24) is 4.98 Å². The van der Waals surface area contributed by atoms with Gasteiger partial charge in [-0.3, -0.25) is 4.79 Å². The second-order valence-corrected chi connectivity index (χ2v) is 5.90. The number of nitrogens with two attached hydrogens (primary N) is 1. The molecule has 1 amide bonds. The maximum absolute atomic E-state index is 12.8. The van der Waals surface area contributed by atoms with Crippen LogP contribution in [0, 0.1) is 6.92 Å². The van der Waals surface area contributed by atoms with Gasteiger partial charge >= 0.3 is 6.18 Å². The molecule has 0 fully saturated rings. The number of benzene rings is 2. The number of carbonyl (C=O) groups is 1. The molecule has 0 aliphatic carbocycles. The van der Waals surface area contributed by atoms with Crippen LogP contribution in [-0.4, -0.2) is 10.9 Å². The Hall–Kier alpha value is -3.35. The SMILES string of the molecule is Cc1cc(-c2ccnc(Oc3cccc(C(F)(F)F)c3)c2)ccc1C(N)=O. The Labute approximate surface area is 153 Å². The molecule has 3 rings (SSSR count). The number of hydrogen-bond donors (Lipinski definition) is 1. The van der Waals surface area contributed by atoms with E-state index in [0.29, 0.717) is 5.56 Å². The summed E-state index contributed by atoms with van der Waals surface area (Å²) in [5, 5.41) is 0. The summed E-state index contributed by atoms with van der Waals surface area (Å²) in [4.78, 5) is 15.4. The first-order valence-corrected chi connectivity index (χ1v) is 7.96. The van der Waals surface area contributed by atoms with Gasteiger partial charge < -0.3 is 10.5 Å². The molecule has 3 aromatic rings. The third kappa shape index (κ3) is 4.25. The van der Waals surface area contributed by atoms with Gasteiger partial charge in [0.2, 0.25) is 11.8 Å². The van der Waals surface area contributed by atoms with Crippen LogP contribution in [0.4, 0.5) is 13.2 Å². The van der Waals surface area contributed by atoms with Crippen molar-refractivity contribution in [1.29, 1.82) is 0 Å². The number of hydrogen-bond acceptors (Lipinski definition) is 3. The minimum atomic E-state index is -4.45. The lowest BCUT2D eigenvalue weighted by molar-refractivity contribution is -0.137. The van der Waals surface area contributed by atoms with Gasteiger partial charge in [-0.05, 0) is 53.9 Å². The number of amides is 1. The van der Waals surface area contributed by atoms with Crippen LogP contribution in [0.2, 0.25) is 0 Å². The van der Waals surface area contributed by atoms with Gasteiger partial charge in [0.25, 0.3) is 0 Å². The van der Waals surface area contributed by atoms with Crippen molar-refractivity contribution in [2.75, 3.05) is 0 Å². The Bertz CT molecular complexity index is 1000. The summed E-state index contributed by atoms with van der Waals surface area (Å²) in [7, 11) is 0. The first kappa shape index (κ1) is 18.4. The Morgan fingerprint density at radius 3 is 2.44 bits per heavy atom. The molecule has 2 aromatic carbocycles. The second-order valence-electron chi connectivity index (χ2n) is 5.90. The van der Waals surface area contributed by atoms with Gasteiger partial charge in [0.15, 0.2) is 0 Å². The van der Waals surface area contributed by atoms with Crippen LogP contribution >= 0.6 is 0 Å². The van der Waals surface area contributed by atoms with E-state index in [1.54, 1.807) is 37.3 Å². The van der Waals surface area contributed by atoms with E-state index in [0.717, 1.165) is 28.8 Å². The zero-order valence-electron chi connectivity index (χ0n) is 14.2. The molecule has 2 N–H and O–H groups in total. The van der Waals surface area contributed by atoms with Gasteiger partial charge in [0.05, 0.1) is 5.56 Å². The maximum atomic E-state index is 12.8. The predicted octanol–water partition coefficient (Wildman–Crippen LogP) is 4.97. The van der Waals surface area contributed by atoms with Crippen LogP contribution in [0.3, 0.4) is 0 Å². The Balaban J connectivity index is 1.89. The number of primary amides is 1. The molecule has 0 aliphatic rings. The normalized spacial score (nSPS) is 11.3. The highest BCUT2D eigenvalue weighted by atomic mass is 19.4. The van der Waals surface area contributed by atoms with Crippen molar-refractivity contribution in [2.45, 2.75) is 13.1 Å². The average Bonchev–Trinajstić information content (AvgIpc) is 2.61. The van der Waals surface area contributed by atoms with E-state index < -0.39 is 17.6 Å². The van der Waals surface area contributed by atoms with E-state index in [-0.39, 0.29) is 11.6 Å². The number of aryl methyl sites for hydroxylation is 1. The third-order valence-electron chi connectivity index (χ3n) is 3.94. The van der Waals surface area contributed by atoms with Crippen LogP contribution in [0.15, 0.2) is 60.8 Å². The predicted molar refractivity (Wildman–Crippen MR) is 94.4 cm³/mol. The fourth-order valence-electron chi connectivity index (χ4n) is 2.62. The van der Waals surface area contributed by atoms with E-state index in [9.17, 15) is 18.0 Å². The highest BCUT2D eigenvalue weighted by Gasteiger charge is 2.30. The number of alkyl halides is 3. The molecular formula is C20H15F3N2O2. The molecule has 4 nitrogen and oxygen atoms in total. The number of pyridine rings is 1. The lowest BCUT2D eigenvalue weighted by atomic mass is 10.0.